The van der Waals surface area contributed by atoms with E-state index >= 15 is 0 Å². The first-order chi connectivity index (χ1) is 9.98. The molecule has 5 nitrogen and oxygen atoms in total. The van der Waals surface area contributed by atoms with Crippen molar-refractivity contribution in [1.29, 1.82) is 0 Å². The topological polar surface area (TPSA) is 68.3 Å². The first kappa shape index (κ1) is 13.8. The lowest BCUT2D eigenvalue weighted by Crippen LogP contribution is -2.48. The Balaban J connectivity index is 1.89. The zero-order chi connectivity index (χ0) is 15.0. The average molecular weight is 302 g/mol. The van der Waals surface area contributed by atoms with Crippen molar-refractivity contribution < 1.29 is 14.3 Å². The summed E-state index contributed by atoms with van der Waals surface area (Å²) in [6.45, 7) is 3.58. The van der Waals surface area contributed by atoms with E-state index in [9.17, 15) is 9.59 Å². The molecule has 2 aromatic rings. The fourth-order valence-electron chi connectivity index (χ4n) is 2.37. The van der Waals surface area contributed by atoms with Crippen molar-refractivity contribution in [3.8, 4) is 0 Å². The van der Waals surface area contributed by atoms with E-state index in [2.05, 4.69) is 10.3 Å². The number of esters is 1. The minimum Gasteiger partial charge on any atom is -0.445 e. The first-order valence-corrected chi connectivity index (χ1v) is 7.40. The van der Waals surface area contributed by atoms with E-state index in [0.717, 1.165) is 11.1 Å². The maximum absolute atomic E-state index is 12.4. The third-order valence-electron chi connectivity index (χ3n) is 3.46. The third-order valence-corrected chi connectivity index (χ3v) is 4.15. The molecule has 6 heteroatoms. The standard InChI is InChI=1S/C15H14N2O3S/c1-9-3-4-11-10(7-9)8-15(2,20-12(11)18)13(19)17-14-16-5-6-21-14/h3-7H,8H2,1-2H3,(H,16,17,19). The third kappa shape index (κ3) is 2.54. The number of aromatic nitrogens is 1. The Morgan fingerprint density at radius 1 is 1.48 bits per heavy atom. The lowest BCUT2D eigenvalue weighted by Gasteiger charge is -2.32. The van der Waals surface area contributed by atoms with Crippen molar-refractivity contribution in [2.24, 2.45) is 0 Å². The number of hydrogen-bond acceptors (Lipinski definition) is 5. The number of thiazole rings is 1. The molecule has 1 aromatic heterocycles. The van der Waals surface area contributed by atoms with Gasteiger partial charge in [-0.15, -0.1) is 11.3 Å². The highest BCUT2D eigenvalue weighted by Gasteiger charge is 2.42. The zero-order valence-electron chi connectivity index (χ0n) is 11.7. The highest BCUT2D eigenvalue weighted by molar-refractivity contribution is 7.13. The molecule has 1 unspecified atom stereocenters. The lowest BCUT2D eigenvalue weighted by molar-refractivity contribution is -0.134. The van der Waals surface area contributed by atoms with Crippen LogP contribution >= 0.6 is 11.3 Å². The summed E-state index contributed by atoms with van der Waals surface area (Å²) >= 11 is 1.32. The fourth-order valence-corrected chi connectivity index (χ4v) is 2.89. The van der Waals surface area contributed by atoms with E-state index in [0.29, 0.717) is 17.1 Å². The Morgan fingerprint density at radius 3 is 3.00 bits per heavy atom. The average Bonchev–Trinajstić information content (AvgIpc) is 2.90. The summed E-state index contributed by atoms with van der Waals surface area (Å²) in [6.07, 6.45) is 1.96. The molecule has 0 saturated heterocycles. The van der Waals surface area contributed by atoms with E-state index in [4.69, 9.17) is 4.74 Å². The van der Waals surface area contributed by atoms with Gasteiger partial charge in [0.1, 0.15) is 0 Å². The number of ether oxygens (including phenoxy) is 1. The number of hydrogen-bond donors (Lipinski definition) is 1. The van der Waals surface area contributed by atoms with Gasteiger partial charge in [-0.3, -0.25) is 10.1 Å². The van der Waals surface area contributed by atoms with E-state index in [1.807, 2.05) is 19.1 Å². The lowest BCUT2D eigenvalue weighted by atomic mass is 9.88. The molecule has 3 rings (SSSR count). The van der Waals surface area contributed by atoms with Crippen LogP contribution < -0.4 is 5.32 Å². The van der Waals surface area contributed by atoms with Crippen LogP contribution in [0.3, 0.4) is 0 Å². The molecule has 1 aliphatic rings. The van der Waals surface area contributed by atoms with Crippen LogP contribution in [0.15, 0.2) is 29.8 Å². The van der Waals surface area contributed by atoms with E-state index in [1.54, 1.807) is 24.6 Å². The summed E-state index contributed by atoms with van der Waals surface area (Å²) < 4.78 is 5.38. The minimum atomic E-state index is -1.22. The van der Waals surface area contributed by atoms with Crippen molar-refractivity contribution in [2.75, 3.05) is 5.32 Å². The van der Waals surface area contributed by atoms with Crippen LogP contribution in [0.25, 0.3) is 0 Å². The number of rotatable bonds is 2. The van der Waals surface area contributed by atoms with Crippen molar-refractivity contribution in [3.63, 3.8) is 0 Å². The summed E-state index contributed by atoms with van der Waals surface area (Å²) in [4.78, 5) is 28.5. The Labute approximate surface area is 126 Å². The number of aryl methyl sites for hydroxylation is 1. The van der Waals surface area contributed by atoms with Gasteiger partial charge in [0, 0.05) is 18.0 Å². The Bertz CT molecular complexity index is 712. The Morgan fingerprint density at radius 2 is 2.29 bits per heavy atom. The predicted octanol–water partition coefficient (Wildman–Crippen LogP) is 2.56. The summed E-state index contributed by atoms with van der Waals surface area (Å²) in [6, 6.07) is 5.52. The number of nitrogens with one attached hydrogen (secondary N) is 1. The first-order valence-electron chi connectivity index (χ1n) is 6.52. The molecule has 108 valence electrons. The number of benzene rings is 1. The van der Waals surface area contributed by atoms with Crippen molar-refractivity contribution in [3.05, 3.63) is 46.5 Å². The van der Waals surface area contributed by atoms with Crippen LogP contribution in [0.1, 0.15) is 28.4 Å². The number of nitrogens with zero attached hydrogens (tertiary/aromatic N) is 1. The molecule has 1 N–H and O–H groups in total. The smallest absolute Gasteiger partial charge is 0.339 e. The SMILES string of the molecule is Cc1ccc2c(c1)CC(C)(C(=O)Nc1nccs1)OC2=O. The number of anilines is 1. The highest BCUT2D eigenvalue weighted by Crippen LogP contribution is 2.30. The summed E-state index contributed by atoms with van der Waals surface area (Å²) in [5, 5.41) is 4.95. The highest BCUT2D eigenvalue weighted by atomic mass is 32.1. The van der Waals surface area contributed by atoms with Gasteiger partial charge in [0.15, 0.2) is 10.7 Å². The van der Waals surface area contributed by atoms with E-state index in [1.165, 1.54) is 11.3 Å². The minimum absolute atomic E-state index is 0.354. The molecule has 0 fully saturated rings. The van der Waals surface area contributed by atoms with Crippen LogP contribution in [-0.2, 0) is 16.0 Å². The van der Waals surface area contributed by atoms with Crippen LogP contribution in [0.2, 0.25) is 0 Å². The number of carbonyl (C=O) groups excluding carboxylic acids is 2. The molecular weight excluding hydrogens is 288 g/mol. The maximum atomic E-state index is 12.4. The Hall–Kier alpha value is -2.21. The zero-order valence-corrected chi connectivity index (χ0v) is 12.5. The molecule has 2 heterocycles. The molecule has 1 amide bonds. The van der Waals surface area contributed by atoms with Crippen LogP contribution in [-0.4, -0.2) is 22.5 Å². The number of amides is 1. The summed E-state index contributed by atoms with van der Waals surface area (Å²) in [5.41, 5.74) is 1.19. The normalized spacial score (nSPS) is 20.6. The molecule has 1 aromatic carbocycles. The van der Waals surface area contributed by atoms with Gasteiger partial charge in [-0.25, -0.2) is 9.78 Å². The van der Waals surface area contributed by atoms with Gasteiger partial charge >= 0.3 is 5.97 Å². The van der Waals surface area contributed by atoms with Crippen molar-refractivity contribution in [1.82, 2.24) is 4.98 Å². The van der Waals surface area contributed by atoms with Gasteiger partial charge in [0.05, 0.1) is 5.56 Å². The summed E-state index contributed by atoms with van der Waals surface area (Å²) in [5.74, 6) is -0.828. The summed E-state index contributed by atoms with van der Waals surface area (Å²) in [7, 11) is 0. The second-order valence-electron chi connectivity index (χ2n) is 5.25. The van der Waals surface area contributed by atoms with Crippen LogP contribution in [0.4, 0.5) is 5.13 Å². The number of fused-ring (bicyclic) bond motifs is 1. The number of cyclic esters (lactones) is 1. The van der Waals surface area contributed by atoms with Gasteiger partial charge in [-0.1, -0.05) is 17.7 Å². The van der Waals surface area contributed by atoms with Crippen molar-refractivity contribution >= 4 is 28.3 Å². The number of carbonyl (C=O) groups is 2. The quantitative estimate of drug-likeness (QED) is 0.866. The monoisotopic (exact) mass is 302 g/mol. The van der Waals surface area contributed by atoms with E-state index < -0.39 is 11.6 Å². The molecule has 1 atom stereocenters. The molecule has 21 heavy (non-hydrogen) atoms. The van der Waals surface area contributed by atoms with Gasteiger partial charge in [-0.05, 0) is 25.5 Å². The van der Waals surface area contributed by atoms with Crippen LogP contribution in [0, 0.1) is 6.92 Å². The molecule has 0 spiro atoms. The largest absolute Gasteiger partial charge is 0.445 e. The van der Waals surface area contributed by atoms with Crippen LogP contribution in [0.5, 0.6) is 0 Å². The van der Waals surface area contributed by atoms with Gasteiger partial charge < -0.3 is 4.74 Å². The molecule has 0 radical (unpaired) electrons. The predicted molar refractivity (Wildman–Crippen MR) is 79.4 cm³/mol. The fraction of sp³-hybridized carbons (Fsp3) is 0.267. The van der Waals surface area contributed by atoms with Gasteiger partial charge in [-0.2, -0.15) is 0 Å². The molecule has 0 bridgehead atoms. The molecule has 0 aliphatic carbocycles. The second-order valence-corrected chi connectivity index (χ2v) is 6.14. The second kappa shape index (κ2) is 4.96. The molecular formula is C15H14N2O3S. The van der Waals surface area contributed by atoms with Crippen molar-refractivity contribution in [2.45, 2.75) is 25.9 Å². The van der Waals surface area contributed by atoms with E-state index in [-0.39, 0.29) is 5.91 Å². The van der Waals surface area contributed by atoms with Gasteiger partial charge in [0.25, 0.3) is 5.91 Å². The van der Waals surface area contributed by atoms with Gasteiger partial charge in [0.2, 0.25) is 0 Å². The Kier molecular flexibility index (Phi) is 3.25. The molecule has 0 saturated carbocycles. The molecule has 1 aliphatic heterocycles. The maximum Gasteiger partial charge on any atom is 0.339 e.